The van der Waals surface area contributed by atoms with Crippen LogP contribution in [-0.2, 0) is 19.5 Å². The van der Waals surface area contributed by atoms with Crippen molar-refractivity contribution >= 4 is 67.5 Å². The van der Waals surface area contributed by atoms with Crippen molar-refractivity contribution in [3.8, 4) is 0 Å². The summed E-state index contributed by atoms with van der Waals surface area (Å²) < 4.78 is 0. The molecule has 6 aromatic rings. The number of hydrogen-bond acceptors (Lipinski definition) is 14. The predicted molar refractivity (Wildman–Crippen MR) is 159 cm³/mol. The van der Waals surface area contributed by atoms with E-state index in [-0.39, 0.29) is 143 Å². The number of hydrogen-bond donors (Lipinski definition) is 2. The largest absolute Gasteiger partial charge is 1.00 e. The second-order valence-electron chi connectivity index (χ2n) is 10.2. The fourth-order valence-corrected chi connectivity index (χ4v) is 4.86. The van der Waals surface area contributed by atoms with Crippen molar-refractivity contribution in [2.75, 3.05) is 0 Å². The van der Waals surface area contributed by atoms with Crippen LogP contribution in [-0.4, -0.2) is 66.2 Å². The van der Waals surface area contributed by atoms with Crippen LogP contribution < -0.4 is 109 Å². The fourth-order valence-electron chi connectivity index (χ4n) is 4.86. The monoisotopic (exact) mass is 807 g/mol. The van der Waals surface area contributed by atoms with Gasteiger partial charge in [0.15, 0.2) is 0 Å². The molecule has 14 nitrogen and oxygen atoms in total. The van der Waals surface area contributed by atoms with Gasteiger partial charge in [0.05, 0.1) is 58.2 Å². The zero-order valence-corrected chi connectivity index (χ0v) is 35.8. The molecule has 2 atom stereocenters. The second kappa shape index (κ2) is 21.9. The minimum Gasteiger partial charge on any atom is -0.545 e. The maximum atomic E-state index is 11.1. The van der Waals surface area contributed by atoms with Crippen LogP contribution in [0.5, 0.6) is 0 Å². The van der Waals surface area contributed by atoms with Gasteiger partial charge >= 0.3 is 88.7 Å². The molecule has 0 saturated carbocycles. The first kappa shape index (κ1) is 48.5. The SMILES string of the molecule is CC(O)CC(C)O.O=C([O-])c1ccnc2c1ccc1c(C(=O)[O-])ccnc12.O=C([O-])c1ccnc2c1ccc1c(C(=O)[O-])ccnc12.[Na+].[Na+].[Na+].[Ru]. The van der Waals surface area contributed by atoms with Crippen LogP contribution in [0.2, 0.25) is 0 Å². The van der Waals surface area contributed by atoms with Crippen LogP contribution in [0.3, 0.4) is 0 Å². The molecule has 6 rings (SSSR count). The van der Waals surface area contributed by atoms with E-state index in [0.717, 1.165) is 0 Å². The third kappa shape index (κ3) is 11.7. The van der Waals surface area contributed by atoms with Crippen molar-refractivity contribution in [1.82, 2.24) is 19.9 Å². The summed E-state index contributed by atoms with van der Waals surface area (Å²) in [6.07, 6.45) is 5.00. The summed E-state index contributed by atoms with van der Waals surface area (Å²) in [5.74, 6) is -5.30. The van der Waals surface area contributed by atoms with E-state index in [1.165, 1.54) is 73.3 Å². The molecule has 0 bridgehead atoms. The van der Waals surface area contributed by atoms with Crippen molar-refractivity contribution < 1.29 is 158 Å². The van der Waals surface area contributed by atoms with Gasteiger partial charge in [0.25, 0.3) is 0 Å². The quantitative estimate of drug-likeness (QED) is 0.117. The smallest absolute Gasteiger partial charge is 0.545 e. The molecule has 4 heterocycles. The number of pyridine rings is 4. The minimum absolute atomic E-state index is 0. The van der Waals surface area contributed by atoms with Crippen molar-refractivity contribution in [2.45, 2.75) is 32.5 Å². The average molecular weight is 807 g/mol. The predicted octanol–water partition coefficient (Wildman–Crippen LogP) is -9.83. The number of aliphatic hydroxyl groups excluding tert-OH is 2. The van der Waals surface area contributed by atoms with Gasteiger partial charge in [-0.1, -0.05) is 24.3 Å². The molecule has 2 unspecified atom stereocenters. The number of rotatable bonds is 6. The van der Waals surface area contributed by atoms with E-state index in [1.54, 1.807) is 13.8 Å². The number of benzene rings is 2. The van der Waals surface area contributed by atoms with Crippen molar-refractivity contribution in [1.29, 1.82) is 0 Å². The Bertz CT molecular complexity index is 1890. The number of carboxylic acids is 4. The Balaban J connectivity index is 0.000000778. The summed E-state index contributed by atoms with van der Waals surface area (Å²) in [6.45, 7) is 3.32. The molecule has 0 aliphatic carbocycles. The normalized spacial score (nSPS) is 11.1. The maximum Gasteiger partial charge on any atom is 1.00 e. The molecule has 0 aliphatic heterocycles. The van der Waals surface area contributed by atoms with Crippen LogP contribution in [0.1, 0.15) is 61.7 Å². The first-order valence-corrected chi connectivity index (χ1v) is 13.9. The molecular weight excluding hydrogens is 782 g/mol. The van der Waals surface area contributed by atoms with Gasteiger partial charge in [-0.25, -0.2) is 0 Å². The molecule has 0 saturated heterocycles. The Morgan fingerprint density at radius 2 is 0.686 bits per heavy atom. The molecular formula is C33H24N4Na3O10Ru-. The summed E-state index contributed by atoms with van der Waals surface area (Å²) in [5.41, 5.74) is 1.18. The van der Waals surface area contributed by atoms with Gasteiger partial charge in [-0.15, -0.1) is 0 Å². The maximum absolute atomic E-state index is 11.1. The minimum atomic E-state index is -1.33. The average Bonchev–Trinajstić information content (AvgIpc) is 3.03. The Morgan fingerprint density at radius 1 is 0.490 bits per heavy atom. The molecule has 0 amide bonds. The second-order valence-corrected chi connectivity index (χ2v) is 10.2. The third-order valence-electron chi connectivity index (χ3n) is 6.80. The molecule has 18 heteroatoms. The number of carbonyl (C=O) groups is 4. The van der Waals surface area contributed by atoms with E-state index in [4.69, 9.17) is 10.2 Å². The zero-order valence-electron chi connectivity index (χ0n) is 28.1. The zero-order chi connectivity index (χ0) is 34.4. The van der Waals surface area contributed by atoms with Crippen molar-refractivity contribution in [3.63, 3.8) is 0 Å². The standard InChI is InChI=1S/2C14H8N2O4.C5H12O2.3Na.Ru/c2*17-13(18)9-3-5-15-11-7(9)1-2-8-10(14(19)20)4-6-16-12(8)11;1-4(6)3-5(2)7;;;;/h2*1-6H,(H,17,18)(H,19,20);4-7H,3H2,1-2H3;;;;/q;;;3*+1;/p-4. The number of aromatic nitrogens is 4. The summed E-state index contributed by atoms with van der Waals surface area (Å²) in [7, 11) is 0. The molecule has 51 heavy (non-hydrogen) atoms. The van der Waals surface area contributed by atoms with E-state index in [0.29, 0.717) is 50.0 Å². The number of carboxylic acid groups (broad SMARTS) is 4. The first-order valence-electron chi connectivity index (χ1n) is 13.9. The van der Waals surface area contributed by atoms with Crippen LogP contribution in [0.4, 0.5) is 0 Å². The molecule has 248 valence electrons. The number of nitrogens with zero attached hydrogens (tertiary/aromatic N) is 4. The Hall–Kier alpha value is -2.50. The van der Waals surface area contributed by atoms with Gasteiger partial charge in [-0.2, -0.15) is 0 Å². The number of aromatic carboxylic acids is 4. The van der Waals surface area contributed by atoms with Gasteiger partial charge in [-0.3, -0.25) is 19.9 Å². The summed E-state index contributed by atoms with van der Waals surface area (Å²) >= 11 is 0. The Kier molecular flexibility index (Phi) is 20.8. The number of aliphatic hydroxyl groups is 2. The molecule has 0 aliphatic rings. The number of fused-ring (bicyclic) bond motifs is 6. The Morgan fingerprint density at radius 3 is 0.824 bits per heavy atom. The number of carbonyl (C=O) groups excluding carboxylic acids is 4. The topological polar surface area (TPSA) is 253 Å². The Labute approximate surface area is 369 Å². The van der Waals surface area contributed by atoms with Gasteiger partial charge < -0.3 is 49.8 Å². The van der Waals surface area contributed by atoms with Crippen LogP contribution in [0.15, 0.2) is 73.3 Å². The molecule has 2 aromatic carbocycles. The molecule has 0 spiro atoms. The molecule has 0 fully saturated rings. The summed E-state index contributed by atoms with van der Waals surface area (Å²) in [4.78, 5) is 60.6. The van der Waals surface area contributed by atoms with E-state index in [2.05, 4.69) is 19.9 Å². The fraction of sp³-hybridized carbons (Fsp3) is 0.152. The summed E-state index contributed by atoms with van der Waals surface area (Å²) in [5, 5.41) is 62.8. The molecule has 4 aromatic heterocycles. The van der Waals surface area contributed by atoms with Crippen LogP contribution >= 0.6 is 0 Å². The van der Waals surface area contributed by atoms with Gasteiger partial charge in [0.1, 0.15) is 0 Å². The van der Waals surface area contributed by atoms with Gasteiger partial charge in [0.2, 0.25) is 0 Å². The van der Waals surface area contributed by atoms with Gasteiger partial charge in [0, 0.05) is 88.1 Å². The first-order chi connectivity index (χ1) is 22.3. The van der Waals surface area contributed by atoms with Crippen molar-refractivity contribution in [2.24, 2.45) is 0 Å². The van der Waals surface area contributed by atoms with E-state index in [9.17, 15) is 39.6 Å². The molecule has 0 radical (unpaired) electrons. The van der Waals surface area contributed by atoms with Crippen molar-refractivity contribution in [3.05, 3.63) is 95.6 Å². The van der Waals surface area contributed by atoms with E-state index in [1.807, 2.05) is 0 Å². The van der Waals surface area contributed by atoms with Crippen LogP contribution in [0, 0.1) is 0 Å². The van der Waals surface area contributed by atoms with E-state index < -0.39 is 23.9 Å². The van der Waals surface area contributed by atoms with Gasteiger partial charge in [-0.05, 0) is 44.5 Å². The summed E-state index contributed by atoms with van der Waals surface area (Å²) in [6, 6.07) is 11.3. The third-order valence-corrected chi connectivity index (χ3v) is 6.80. The molecule has 2 N–H and O–H groups in total. The van der Waals surface area contributed by atoms with E-state index >= 15 is 0 Å². The van der Waals surface area contributed by atoms with Crippen LogP contribution in [0.25, 0.3) is 43.6 Å².